The molecule has 2 rings (SSSR count). The van der Waals surface area contributed by atoms with Gasteiger partial charge in [-0.25, -0.2) is 0 Å². The molecule has 1 saturated carbocycles. The maximum absolute atomic E-state index is 11.6. The molecule has 0 radical (unpaired) electrons. The Kier molecular flexibility index (Phi) is 5.17. The zero-order valence-corrected chi connectivity index (χ0v) is 12.8. The van der Waals surface area contributed by atoms with E-state index in [1.807, 2.05) is 11.6 Å². The summed E-state index contributed by atoms with van der Waals surface area (Å²) >= 11 is 0. The van der Waals surface area contributed by atoms with E-state index in [0.717, 1.165) is 18.8 Å². The highest BCUT2D eigenvalue weighted by molar-refractivity contribution is 5.71. The van der Waals surface area contributed by atoms with Crippen molar-refractivity contribution in [2.24, 2.45) is 0 Å². The van der Waals surface area contributed by atoms with E-state index in [2.05, 4.69) is 23.0 Å². The van der Waals surface area contributed by atoms with E-state index in [1.54, 1.807) is 0 Å². The Labute approximate surface area is 120 Å². The van der Waals surface area contributed by atoms with Crippen LogP contribution in [0.3, 0.4) is 0 Å². The summed E-state index contributed by atoms with van der Waals surface area (Å²) in [5.74, 6) is -0.156. The van der Waals surface area contributed by atoms with Gasteiger partial charge in [-0.05, 0) is 32.8 Å². The van der Waals surface area contributed by atoms with Gasteiger partial charge in [0.2, 0.25) is 0 Å². The van der Waals surface area contributed by atoms with Crippen molar-refractivity contribution in [2.45, 2.75) is 58.7 Å². The monoisotopic (exact) mass is 279 g/mol. The van der Waals surface area contributed by atoms with Gasteiger partial charge in [-0.3, -0.25) is 14.4 Å². The van der Waals surface area contributed by atoms with Gasteiger partial charge in [0, 0.05) is 19.1 Å². The molecule has 1 aromatic rings. The average molecular weight is 279 g/mol. The standard InChI is InChI=1S/C15H25N3O2/c1-4-18-14(9-12(2)16-18)10-17(11-15(19)20-3)13-7-5-6-8-13/h9,13H,4-8,10-11H2,1-3H3. The zero-order valence-electron chi connectivity index (χ0n) is 12.8. The topological polar surface area (TPSA) is 47.4 Å². The molecule has 0 atom stereocenters. The summed E-state index contributed by atoms with van der Waals surface area (Å²) < 4.78 is 6.86. The van der Waals surface area contributed by atoms with Gasteiger partial charge in [0.1, 0.15) is 0 Å². The molecule has 20 heavy (non-hydrogen) atoms. The summed E-state index contributed by atoms with van der Waals surface area (Å²) in [6, 6.07) is 2.61. The van der Waals surface area contributed by atoms with Crippen molar-refractivity contribution in [3.05, 3.63) is 17.5 Å². The minimum Gasteiger partial charge on any atom is -0.468 e. The number of hydrogen-bond donors (Lipinski definition) is 0. The van der Waals surface area contributed by atoms with E-state index in [9.17, 15) is 4.79 Å². The fraction of sp³-hybridized carbons (Fsp3) is 0.733. The summed E-state index contributed by atoms with van der Waals surface area (Å²) in [6.45, 7) is 6.11. The molecule has 1 fully saturated rings. The lowest BCUT2D eigenvalue weighted by Crippen LogP contribution is -2.38. The third-order valence-corrected chi connectivity index (χ3v) is 4.05. The minimum atomic E-state index is -0.156. The highest BCUT2D eigenvalue weighted by Gasteiger charge is 2.25. The largest absolute Gasteiger partial charge is 0.468 e. The first-order chi connectivity index (χ1) is 9.63. The van der Waals surface area contributed by atoms with E-state index in [-0.39, 0.29) is 5.97 Å². The van der Waals surface area contributed by atoms with Gasteiger partial charge in [-0.1, -0.05) is 12.8 Å². The van der Waals surface area contributed by atoms with Crippen LogP contribution < -0.4 is 0 Å². The van der Waals surface area contributed by atoms with Crippen molar-refractivity contribution < 1.29 is 9.53 Å². The number of nitrogens with zero attached hydrogens (tertiary/aromatic N) is 3. The third kappa shape index (κ3) is 3.60. The Morgan fingerprint density at radius 1 is 1.50 bits per heavy atom. The lowest BCUT2D eigenvalue weighted by molar-refractivity contribution is -0.142. The maximum atomic E-state index is 11.6. The van der Waals surface area contributed by atoms with Crippen LogP contribution in [-0.4, -0.2) is 40.3 Å². The van der Waals surface area contributed by atoms with Crippen LogP contribution in [0, 0.1) is 6.92 Å². The fourth-order valence-corrected chi connectivity index (χ4v) is 3.02. The predicted molar refractivity (Wildman–Crippen MR) is 77.3 cm³/mol. The Morgan fingerprint density at radius 2 is 2.20 bits per heavy atom. The molecule has 0 aromatic carbocycles. The normalized spacial score (nSPS) is 16.0. The molecule has 0 unspecified atom stereocenters. The molecule has 0 spiro atoms. The van der Waals surface area contributed by atoms with Crippen LogP contribution in [0.2, 0.25) is 0 Å². The van der Waals surface area contributed by atoms with Gasteiger partial charge in [0.15, 0.2) is 0 Å². The Hall–Kier alpha value is -1.36. The van der Waals surface area contributed by atoms with E-state index >= 15 is 0 Å². The molecule has 112 valence electrons. The minimum absolute atomic E-state index is 0.156. The van der Waals surface area contributed by atoms with Crippen LogP contribution in [0.15, 0.2) is 6.07 Å². The lowest BCUT2D eigenvalue weighted by Gasteiger charge is -2.27. The van der Waals surface area contributed by atoms with Crippen LogP contribution in [0.4, 0.5) is 0 Å². The van der Waals surface area contributed by atoms with Gasteiger partial charge in [-0.15, -0.1) is 0 Å². The molecule has 0 amide bonds. The number of methoxy groups -OCH3 is 1. The smallest absolute Gasteiger partial charge is 0.319 e. The zero-order chi connectivity index (χ0) is 14.5. The lowest BCUT2D eigenvalue weighted by atomic mass is 10.2. The van der Waals surface area contributed by atoms with Crippen molar-refractivity contribution in [1.82, 2.24) is 14.7 Å². The Morgan fingerprint density at radius 3 is 2.80 bits per heavy atom. The average Bonchev–Trinajstić information content (AvgIpc) is 3.07. The summed E-state index contributed by atoms with van der Waals surface area (Å²) in [7, 11) is 1.45. The molecule has 1 aliphatic carbocycles. The van der Waals surface area contributed by atoms with Gasteiger partial charge in [0.25, 0.3) is 0 Å². The number of ether oxygens (including phenoxy) is 1. The second-order valence-electron chi connectivity index (χ2n) is 5.51. The van der Waals surface area contributed by atoms with E-state index in [0.29, 0.717) is 12.6 Å². The molecule has 0 N–H and O–H groups in total. The third-order valence-electron chi connectivity index (χ3n) is 4.05. The molecule has 1 aromatic heterocycles. The van der Waals surface area contributed by atoms with Crippen LogP contribution in [0.5, 0.6) is 0 Å². The molecular weight excluding hydrogens is 254 g/mol. The summed E-state index contributed by atoms with van der Waals surface area (Å²) in [5, 5.41) is 4.48. The molecule has 1 heterocycles. The molecular formula is C15H25N3O2. The van der Waals surface area contributed by atoms with Crippen molar-refractivity contribution in [3.8, 4) is 0 Å². The number of carbonyl (C=O) groups excluding carboxylic acids is 1. The van der Waals surface area contributed by atoms with E-state index in [1.165, 1.54) is 38.5 Å². The van der Waals surface area contributed by atoms with Crippen LogP contribution in [0.1, 0.15) is 44.0 Å². The molecule has 5 heteroatoms. The van der Waals surface area contributed by atoms with E-state index in [4.69, 9.17) is 4.74 Å². The van der Waals surface area contributed by atoms with Crippen molar-refractivity contribution in [2.75, 3.05) is 13.7 Å². The summed E-state index contributed by atoms with van der Waals surface area (Å²) in [4.78, 5) is 13.9. The maximum Gasteiger partial charge on any atom is 0.319 e. The Bertz CT molecular complexity index is 450. The first-order valence-corrected chi connectivity index (χ1v) is 7.48. The van der Waals surface area contributed by atoms with Crippen LogP contribution in [0.25, 0.3) is 0 Å². The SMILES string of the molecule is CCn1nc(C)cc1CN(CC(=O)OC)C1CCCC1. The summed E-state index contributed by atoms with van der Waals surface area (Å²) in [6.07, 6.45) is 4.87. The molecule has 0 bridgehead atoms. The molecule has 1 aliphatic rings. The van der Waals surface area contributed by atoms with Gasteiger partial charge >= 0.3 is 5.97 Å². The van der Waals surface area contributed by atoms with Crippen molar-refractivity contribution in [1.29, 1.82) is 0 Å². The predicted octanol–water partition coefficient (Wildman–Crippen LogP) is 2.13. The van der Waals surface area contributed by atoms with Gasteiger partial charge in [0.05, 0.1) is 25.0 Å². The van der Waals surface area contributed by atoms with Crippen molar-refractivity contribution >= 4 is 5.97 Å². The Balaban J connectivity index is 2.11. The number of carbonyl (C=O) groups is 1. The number of esters is 1. The van der Waals surface area contributed by atoms with Crippen molar-refractivity contribution in [3.63, 3.8) is 0 Å². The van der Waals surface area contributed by atoms with Crippen LogP contribution in [-0.2, 0) is 22.6 Å². The number of aromatic nitrogens is 2. The highest BCUT2D eigenvalue weighted by atomic mass is 16.5. The van der Waals surface area contributed by atoms with Gasteiger partial charge < -0.3 is 4.74 Å². The molecule has 0 aliphatic heterocycles. The van der Waals surface area contributed by atoms with Gasteiger partial charge in [-0.2, -0.15) is 5.10 Å². The van der Waals surface area contributed by atoms with E-state index < -0.39 is 0 Å². The second-order valence-corrected chi connectivity index (χ2v) is 5.51. The quantitative estimate of drug-likeness (QED) is 0.748. The number of rotatable bonds is 6. The number of aryl methyl sites for hydroxylation is 2. The first-order valence-electron chi connectivity index (χ1n) is 7.48. The van der Waals surface area contributed by atoms with Crippen LogP contribution >= 0.6 is 0 Å². The highest BCUT2D eigenvalue weighted by Crippen LogP contribution is 2.25. The molecule has 0 saturated heterocycles. The summed E-state index contributed by atoms with van der Waals surface area (Å²) in [5.41, 5.74) is 2.21. The second kappa shape index (κ2) is 6.88. The fourth-order valence-electron chi connectivity index (χ4n) is 3.02. The first kappa shape index (κ1) is 15.0. The molecule has 5 nitrogen and oxygen atoms in total. The number of hydrogen-bond acceptors (Lipinski definition) is 4.